The first-order valence-electron chi connectivity index (χ1n) is 6.52. The summed E-state index contributed by atoms with van der Waals surface area (Å²) in [7, 11) is 0. The number of carbonyl (C=O) groups excluding carboxylic acids is 1. The Morgan fingerprint density at radius 1 is 1.35 bits per heavy atom. The Morgan fingerprint density at radius 2 is 1.94 bits per heavy atom. The Morgan fingerprint density at radius 3 is 2.47 bits per heavy atom. The van der Waals surface area contributed by atoms with Crippen LogP contribution >= 0.6 is 0 Å². The van der Waals surface area contributed by atoms with E-state index < -0.39 is 5.79 Å². The van der Waals surface area contributed by atoms with Crippen molar-refractivity contribution in [2.75, 3.05) is 19.8 Å². The van der Waals surface area contributed by atoms with E-state index in [4.69, 9.17) is 9.47 Å². The largest absolute Gasteiger partial charge is 0.356 e. The van der Waals surface area contributed by atoms with Gasteiger partial charge in [0.1, 0.15) is 0 Å². The van der Waals surface area contributed by atoms with Gasteiger partial charge in [0.15, 0.2) is 5.79 Å². The summed E-state index contributed by atoms with van der Waals surface area (Å²) in [4.78, 5) is 11.6. The van der Waals surface area contributed by atoms with Crippen molar-refractivity contribution in [3.63, 3.8) is 0 Å². The van der Waals surface area contributed by atoms with Crippen molar-refractivity contribution in [2.45, 2.75) is 46.3 Å². The molecule has 0 bridgehead atoms. The van der Waals surface area contributed by atoms with Crippen LogP contribution < -0.4 is 5.32 Å². The van der Waals surface area contributed by atoms with E-state index in [0.717, 1.165) is 12.8 Å². The molecule has 1 saturated heterocycles. The van der Waals surface area contributed by atoms with E-state index in [0.29, 0.717) is 25.7 Å². The number of hydrogen-bond donors (Lipinski definition) is 1. The zero-order chi connectivity index (χ0) is 12.9. The topological polar surface area (TPSA) is 47.6 Å². The Bertz CT molecular complexity index is 249. The molecular weight excluding hydrogens is 218 g/mol. The van der Waals surface area contributed by atoms with E-state index in [9.17, 15) is 4.79 Å². The van der Waals surface area contributed by atoms with Gasteiger partial charge in [-0.2, -0.15) is 0 Å². The van der Waals surface area contributed by atoms with Crippen LogP contribution in [0, 0.1) is 11.8 Å². The lowest BCUT2D eigenvalue weighted by atomic mass is 10.0. The monoisotopic (exact) mass is 243 g/mol. The molecule has 1 amide bonds. The van der Waals surface area contributed by atoms with Gasteiger partial charge in [-0.1, -0.05) is 20.8 Å². The third kappa shape index (κ3) is 4.64. The molecule has 0 aliphatic carbocycles. The first-order valence-corrected chi connectivity index (χ1v) is 6.52. The highest BCUT2D eigenvalue weighted by molar-refractivity contribution is 5.78. The second kappa shape index (κ2) is 6.36. The Kier molecular flexibility index (Phi) is 5.40. The molecule has 1 aliphatic heterocycles. The standard InChI is InChI=1S/C13H25NO3/c1-5-11(3)12(15)14-9-10(2)8-13(4)16-6-7-17-13/h10-11H,5-9H2,1-4H3,(H,14,15)/t10-,11+/m1/s1. The maximum Gasteiger partial charge on any atom is 0.222 e. The molecule has 1 fully saturated rings. The van der Waals surface area contributed by atoms with E-state index in [1.54, 1.807) is 0 Å². The predicted octanol–water partition coefficient (Wildman–Crippen LogP) is 1.94. The fraction of sp³-hybridized carbons (Fsp3) is 0.923. The molecule has 2 atom stereocenters. The van der Waals surface area contributed by atoms with Crippen LogP contribution in [0.2, 0.25) is 0 Å². The summed E-state index contributed by atoms with van der Waals surface area (Å²) in [6, 6.07) is 0. The second-order valence-electron chi connectivity index (χ2n) is 5.19. The maximum atomic E-state index is 11.6. The third-order valence-corrected chi connectivity index (χ3v) is 3.30. The van der Waals surface area contributed by atoms with Gasteiger partial charge in [0, 0.05) is 18.9 Å². The lowest BCUT2D eigenvalue weighted by Gasteiger charge is -2.26. The van der Waals surface area contributed by atoms with Gasteiger partial charge in [0.2, 0.25) is 5.91 Å². The first-order chi connectivity index (χ1) is 7.97. The normalized spacial score (nSPS) is 22.1. The molecule has 4 nitrogen and oxygen atoms in total. The lowest BCUT2D eigenvalue weighted by Crippen LogP contribution is -2.36. The SMILES string of the molecule is CC[C@H](C)C(=O)NC[C@H](C)CC1(C)OCCO1. The minimum atomic E-state index is -0.458. The molecule has 1 N–H and O–H groups in total. The molecule has 0 aromatic carbocycles. The van der Waals surface area contributed by atoms with Crippen LogP contribution in [-0.2, 0) is 14.3 Å². The van der Waals surface area contributed by atoms with E-state index in [-0.39, 0.29) is 11.8 Å². The van der Waals surface area contributed by atoms with E-state index in [1.807, 2.05) is 20.8 Å². The number of hydrogen-bond acceptors (Lipinski definition) is 3. The van der Waals surface area contributed by atoms with Gasteiger partial charge in [-0.25, -0.2) is 0 Å². The Balaban J connectivity index is 2.25. The molecular formula is C13H25NO3. The summed E-state index contributed by atoms with van der Waals surface area (Å²) in [5.74, 6) is 0.126. The van der Waals surface area contributed by atoms with Gasteiger partial charge >= 0.3 is 0 Å². The summed E-state index contributed by atoms with van der Waals surface area (Å²) >= 11 is 0. The quantitative estimate of drug-likeness (QED) is 0.775. The molecule has 1 heterocycles. The highest BCUT2D eigenvalue weighted by Crippen LogP contribution is 2.26. The van der Waals surface area contributed by atoms with Crippen LogP contribution in [-0.4, -0.2) is 31.5 Å². The minimum absolute atomic E-state index is 0.0942. The van der Waals surface area contributed by atoms with Crippen molar-refractivity contribution in [2.24, 2.45) is 11.8 Å². The van der Waals surface area contributed by atoms with Crippen LogP contribution in [0.5, 0.6) is 0 Å². The molecule has 0 spiro atoms. The third-order valence-electron chi connectivity index (χ3n) is 3.30. The highest BCUT2D eigenvalue weighted by Gasteiger charge is 2.32. The van der Waals surface area contributed by atoms with E-state index >= 15 is 0 Å². The van der Waals surface area contributed by atoms with E-state index in [2.05, 4.69) is 12.2 Å². The molecule has 0 saturated carbocycles. The van der Waals surface area contributed by atoms with Crippen LogP contribution in [0.25, 0.3) is 0 Å². The fourth-order valence-corrected chi connectivity index (χ4v) is 2.01. The number of rotatable bonds is 6. The Hall–Kier alpha value is -0.610. The van der Waals surface area contributed by atoms with Crippen LogP contribution in [0.3, 0.4) is 0 Å². The molecule has 4 heteroatoms. The molecule has 0 unspecified atom stereocenters. The van der Waals surface area contributed by atoms with Crippen molar-refractivity contribution in [3.8, 4) is 0 Å². The van der Waals surface area contributed by atoms with E-state index in [1.165, 1.54) is 0 Å². The maximum absolute atomic E-state index is 11.6. The van der Waals surface area contributed by atoms with Crippen LogP contribution in [0.1, 0.15) is 40.5 Å². The number of nitrogens with one attached hydrogen (secondary N) is 1. The van der Waals surface area contributed by atoms with Crippen molar-refractivity contribution < 1.29 is 14.3 Å². The van der Waals surface area contributed by atoms with Gasteiger partial charge in [-0.15, -0.1) is 0 Å². The molecule has 1 aliphatic rings. The zero-order valence-electron chi connectivity index (χ0n) is 11.4. The summed E-state index contributed by atoms with van der Waals surface area (Å²) < 4.78 is 11.1. The van der Waals surface area contributed by atoms with Crippen molar-refractivity contribution in [3.05, 3.63) is 0 Å². The molecule has 100 valence electrons. The molecule has 1 rings (SSSR count). The van der Waals surface area contributed by atoms with Crippen molar-refractivity contribution in [1.29, 1.82) is 0 Å². The van der Waals surface area contributed by atoms with Gasteiger partial charge in [0.05, 0.1) is 13.2 Å². The highest BCUT2D eigenvalue weighted by atomic mass is 16.7. The smallest absolute Gasteiger partial charge is 0.222 e. The fourth-order valence-electron chi connectivity index (χ4n) is 2.01. The Labute approximate surface area is 104 Å². The predicted molar refractivity (Wildman–Crippen MR) is 66.6 cm³/mol. The average molecular weight is 243 g/mol. The molecule has 0 aromatic rings. The van der Waals surface area contributed by atoms with Crippen LogP contribution in [0.15, 0.2) is 0 Å². The summed E-state index contributed by atoms with van der Waals surface area (Å²) in [6.07, 6.45) is 1.69. The second-order valence-corrected chi connectivity index (χ2v) is 5.19. The lowest BCUT2D eigenvalue weighted by molar-refractivity contribution is -0.154. The van der Waals surface area contributed by atoms with Crippen molar-refractivity contribution >= 4 is 5.91 Å². The summed E-state index contributed by atoms with van der Waals surface area (Å²) in [6.45, 7) is 10.1. The molecule has 0 radical (unpaired) electrons. The number of amides is 1. The molecule has 0 aromatic heterocycles. The van der Waals surface area contributed by atoms with Gasteiger partial charge in [-0.05, 0) is 19.3 Å². The van der Waals surface area contributed by atoms with Crippen molar-refractivity contribution in [1.82, 2.24) is 5.32 Å². The number of ether oxygens (including phenoxy) is 2. The zero-order valence-corrected chi connectivity index (χ0v) is 11.4. The molecule has 17 heavy (non-hydrogen) atoms. The summed E-state index contributed by atoms with van der Waals surface area (Å²) in [5.41, 5.74) is 0. The minimum Gasteiger partial charge on any atom is -0.356 e. The summed E-state index contributed by atoms with van der Waals surface area (Å²) in [5, 5.41) is 2.97. The van der Waals surface area contributed by atoms with Gasteiger partial charge in [-0.3, -0.25) is 4.79 Å². The first kappa shape index (κ1) is 14.5. The van der Waals surface area contributed by atoms with Gasteiger partial charge < -0.3 is 14.8 Å². The van der Waals surface area contributed by atoms with Crippen LogP contribution in [0.4, 0.5) is 0 Å². The number of carbonyl (C=O) groups is 1. The van der Waals surface area contributed by atoms with Gasteiger partial charge in [0.25, 0.3) is 0 Å². The average Bonchev–Trinajstić information content (AvgIpc) is 2.71.